The summed E-state index contributed by atoms with van der Waals surface area (Å²) in [6, 6.07) is 3.16. The van der Waals surface area contributed by atoms with Gasteiger partial charge in [-0.25, -0.2) is 14.4 Å². The van der Waals surface area contributed by atoms with Crippen molar-refractivity contribution in [3.63, 3.8) is 0 Å². The van der Waals surface area contributed by atoms with E-state index in [0.29, 0.717) is 31.8 Å². The summed E-state index contributed by atoms with van der Waals surface area (Å²) in [6.07, 6.45) is 1.09. The predicted octanol–water partition coefficient (Wildman–Crippen LogP) is 3.32. The van der Waals surface area contributed by atoms with Gasteiger partial charge in [-0.15, -0.1) is 0 Å². The number of nitrogens with one attached hydrogen (secondary N) is 1. The number of amides is 1. The Balaban J connectivity index is 1.54. The van der Waals surface area contributed by atoms with Crippen molar-refractivity contribution in [2.24, 2.45) is 0 Å². The second kappa shape index (κ2) is 8.52. The molecule has 3 aromatic rings. The summed E-state index contributed by atoms with van der Waals surface area (Å²) in [4.78, 5) is 23.7. The normalized spacial score (nSPS) is 19.1. The molecule has 2 atom stereocenters. The fourth-order valence-electron chi connectivity index (χ4n) is 3.68. The zero-order chi connectivity index (χ0) is 22.9. The van der Waals surface area contributed by atoms with E-state index in [-0.39, 0.29) is 35.2 Å². The van der Waals surface area contributed by atoms with E-state index in [9.17, 15) is 22.4 Å². The van der Waals surface area contributed by atoms with Crippen molar-refractivity contribution in [1.82, 2.24) is 29.9 Å². The zero-order valence-electron chi connectivity index (χ0n) is 16.9. The Hall–Kier alpha value is -3.57. The Morgan fingerprint density at radius 2 is 1.84 bits per heavy atom. The van der Waals surface area contributed by atoms with Crippen LogP contribution in [0, 0.1) is 5.82 Å². The molecule has 0 spiro atoms. The molecule has 1 aliphatic heterocycles. The van der Waals surface area contributed by atoms with E-state index < -0.39 is 17.6 Å². The molecule has 3 heterocycles. The van der Waals surface area contributed by atoms with Crippen LogP contribution in [0.2, 0.25) is 0 Å². The van der Waals surface area contributed by atoms with E-state index in [4.69, 9.17) is 0 Å². The number of piperidine rings is 1. The summed E-state index contributed by atoms with van der Waals surface area (Å²) >= 11 is 0. The second-order valence-electron chi connectivity index (χ2n) is 7.41. The van der Waals surface area contributed by atoms with Crippen molar-refractivity contribution in [3.8, 4) is 5.69 Å². The van der Waals surface area contributed by atoms with Crippen molar-refractivity contribution < 1.29 is 22.4 Å². The Kier molecular flexibility index (Phi) is 5.76. The number of alkyl halides is 3. The van der Waals surface area contributed by atoms with E-state index in [1.807, 2.05) is 6.92 Å². The molecule has 0 aliphatic carbocycles. The van der Waals surface area contributed by atoms with Crippen LogP contribution in [0.1, 0.15) is 35.7 Å². The lowest BCUT2D eigenvalue weighted by Gasteiger charge is -2.40. The van der Waals surface area contributed by atoms with Crippen molar-refractivity contribution in [1.29, 1.82) is 0 Å². The average Bonchev–Trinajstić information content (AvgIpc) is 3.29. The molecule has 2 aromatic heterocycles. The van der Waals surface area contributed by atoms with E-state index >= 15 is 0 Å². The van der Waals surface area contributed by atoms with Crippen LogP contribution in [-0.2, 0) is 6.18 Å². The standard InChI is InChI=1S/C20H19F4N7O/c1-12-16(29-19-25-10-13(11-26-19)20(22,23)24)3-2-8-30(12)18(32)15-5-4-14(21)9-17(15)31-27-6-7-28-31/h4-7,9-12,16H,2-3,8H2,1H3,(H,25,26,29)/t12-,16+/m0/s1. The Morgan fingerprint density at radius 3 is 2.50 bits per heavy atom. The van der Waals surface area contributed by atoms with Crippen LogP contribution >= 0.6 is 0 Å². The number of hydrogen-bond donors (Lipinski definition) is 1. The molecule has 0 saturated carbocycles. The number of hydrogen-bond acceptors (Lipinski definition) is 6. The lowest BCUT2D eigenvalue weighted by atomic mass is 9.96. The fraction of sp³-hybridized carbons (Fsp3) is 0.350. The molecule has 1 aromatic carbocycles. The number of rotatable bonds is 4. The molecule has 1 N–H and O–H groups in total. The molecule has 0 unspecified atom stereocenters. The molecule has 1 saturated heterocycles. The third-order valence-corrected chi connectivity index (χ3v) is 5.37. The van der Waals surface area contributed by atoms with Crippen LogP contribution in [0.5, 0.6) is 0 Å². The van der Waals surface area contributed by atoms with Gasteiger partial charge in [0.05, 0.1) is 23.5 Å². The van der Waals surface area contributed by atoms with Gasteiger partial charge >= 0.3 is 6.18 Å². The smallest absolute Gasteiger partial charge is 0.349 e. The second-order valence-corrected chi connectivity index (χ2v) is 7.41. The Labute approximate surface area is 180 Å². The molecule has 0 bridgehead atoms. The van der Waals surface area contributed by atoms with Gasteiger partial charge in [0.2, 0.25) is 5.95 Å². The molecule has 32 heavy (non-hydrogen) atoms. The van der Waals surface area contributed by atoms with E-state index in [0.717, 1.165) is 0 Å². The lowest BCUT2D eigenvalue weighted by molar-refractivity contribution is -0.138. The first-order chi connectivity index (χ1) is 15.2. The highest BCUT2D eigenvalue weighted by Crippen LogP contribution is 2.29. The van der Waals surface area contributed by atoms with Gasteiger partial charge in [-0.05, 0) is 31.9 Å². The van der Waals surface area contributed by atoms with Crippen LogP contribution in [-0.4, -0.2) is 54.4 Å². The van der Waals surface area contributed by atoms with Gasteiger partial charge in [0.25, 0.3) is 5.91 Å². The largest absolute Gasteiger partial charge is 0.419 e. The van der Waals surface area contributed by atoms with Gasteiger partial charge in [-0.1, -0.05) is 0 Å². The maximum atomic E-state index is 13.8. The predicted molar refractivity (Wildman–Crippen MR) is 105 cm³/mol. The van der Waals surface area contributed by atoms with Gasteiger partial charge in [0, 0.05) is 37.1 Å². The number of aromatic nitrogens is 5. The average molecular weight is 449 g/mol. The van der Waals surface area contributed by atoms with Crippen LogP contribution in [0.25, 0.3) is 5.69 Å². The topological polar surface area (TPSA) is 88.8 Å². The number of anilines is 1. The molecule has 1 aliphatic rings. The van der Waals surface area contributed by atoms with Crippen molar-refractivity contribution in [2.45, 2.75) is 38.0 Å². The van der Waals surface area contributed by atoms with Crippen molar-refractivity contribution in [3.05, 3.63) is 59.9 Å². The third kappa shape index (κ3) is 4.39. The number of carbonyl (C=O) groups excluding carboxylic acids is 1. The van der Waals surface area contributed by atoms with Crippen LogP contribution < -0.4 is 5.32 Å². The van der Waals surface area contributed by atoms with Crippen molar-refractivity contribution in [2.75, 3.05) is 11.9 Å². The third-order valence-electron chi connectivity index (χ3n) is 5.37. The van der Waals surface area contributed by atoms with Gasteiger partial charge in [0.1, 0.15) is 11.5 Å². The minimum absolute atomic E-state index is 0.0485. The zero-order valence-corrected chi connectivity index (χ0v) is 16.9. The number of nitrogens with zero attached hydrogens (tertiary/aromatic N) is 6. The molecular formula is C20H19F4N7O. The van der Waals surface area contributed by atoms with E-state index in [1.165, 1.54) is 35.4 Å². The SMILES string of the molecule is C[C@H]1[C@H](Nc2ncc(C(F)(F)F)cn2)CCCN1C(=O)c1ccc(F)cc1-n1nccn1. The molecule has 0 radical (unpaired) electrons. The van der Waals surface area contributed by atoms with Gasteiger partial charge in [0.15, 0.2) is 0 Å². The van der Waals surface area contributed by atoms with Gasteiger partial charge in [-0.2, -0.15) is 28.2 Å². The van der Waals surface area contributed by atoms with Crippen LogP contribution in [0.15, 0.2) is 43.0 Å². The Bertz CT molecular complexity index is 1090. The minimum Gasteiger partial charge on any atom is -0.349 e. The quantitative estimate of drug-likeness (QED) is 0.615. The first kappa shape index (κ1) is 21.7. The van der Waals surface area contributed by atoms with Crippen LogP contribution in [0.3, 0.4) is 0 Å². The highest BCUT2D eigenvalue weighted by atomic mass is 19.4. The lowest BCUT2D eigenvalue weighted by Crippen LogP contribution is -2.52. The summed E-state index contributed by atoms with van der Waals surface area (Å²) in [7, 11) is 0. The summed E-state index contributed by atoms with van der Waals surface area (Å²) in [5.41, 5.74) is -0.484. The van der Waals surface area contributed by atoms with Crippen LogP contribution in [0.4, 0.5) is 23.5 Å². The molecule has 4 rings (SSSR count). The summed E-state index contributed by atoms with van der Waals surface area (Å²) in [5.74, 6) is -0.809. The van der Waals surface area contributed by atoms with E-state index in [1.54, 1.807) is 4.90 Å². The molecule has 8 nitrogen and oxygen atoms in total. The van der Waals surface area contributed by atoms with Gasteiger partial charge in [-0.3, -0.25) is 4.79 Å². The van der Waals surface area contributed by atoms with Crippen molar-refractivity contribution >= 4 is 11.9 Å². The number of carbonyl (C=O) groups is 1. The molecule has 168 valence electrons. The van der Waals surface area contributed by atoms with E-state index in [2.05, 4.69) is 25.5 Å². The highest BCUT2D eigenvalue weighted by Gasteiger charge is 2.34. The molecule has 12 heteroatoms. The summed E-state index contributed by atoms with van der Waals surface area (Å²) in [5, 5.41) is 11.0. The number of likely N-dealkylation sites (tertiary alicyclic amines) is 1. The molecule has 1 amide bonds. The molecule has 1 fully saturated rings. The maximum absolute atomic E-state index is 13.8. The first-order valence-electron chi connectivity index (χ1n) is 9.87. The Morgan fingerprint density at radius 1 is 1.16 bits per heavy atom. The highest BCUT2D eigenvalue weighted by molar-refractivity contribution is 5.98. The minimum atomic E-state index is -4.52. The monoisotopic (exact) mass is 449 g/mol. The first-order valence-corrected chi connectivity index (χ1v) is 9.87. The summed E-state index contributed by atoms with van der Waals surface area (Å²) in [6.45, 7) is 2.30. The van der Waals surface area contributed by atoms with Gasteiger partial charge < -0.3 is 10.2 Å². The number of benzene rings is 1. The molecular weight excluding hydrogens is 430 g/mol. The number of halogens is 4. The fourth-order valence-corrected chi connectivity index (χ4v) is 3.68. The summed E-state index contributed by atoms with van der Waals surface area (Å²) < 4.78 is 52.0. The maximum Gasteiger partial charge on any atom is 0.419 e.